The zero-order valence-corrected chi connectivity index (χ0v) is 18.7. The molecule has 1 aliphatic heterocycles. The largest absolute Gasteiger partial charge is 0.371 e. The first-order valence-electron chi connectivity index (χ1n) is 10.5. The molecule has 0 aromatic heterocycles. The van der Waals surface area contributed by atoms with Crippen LogP contribution in [0.4, 0.5) is 11.4 Å². The lowest BCUT2D eigenvalue weighted by molar-refractivity contribution is 0.0940. The molecule has 1 aliphatic rings. The van der Waals surface area contributed by atoms with E-state index in [4.69, 9.17) is 0 Å². The van der Waals surface area contributed by atoms with Crippen LogP contribution in [0, 0.1) is 5.92 Å². The van der Waals surface area contributed by atoms with Crippen molar-refractivity contribution in [2.45, 2.75) is 39.7 Å². The van der Waals surface area contributed by atoms with Gasteiger partial charge in [-0.2, -0.15) is 0 Å². The molecule has 2 aromatic carbocycles. The molecule has 0 bridgehead atoms. The minimum atomic E-state index is -3.33. The number of benzene rings is 2. The lowest BCUT2D eigenvalue weighted by Crippen LogP contribution is -2.34. The number of hydrogen-bond acceptors (Lipinski definition) is 4. The molecular weight excluding hydrogens is 398 g/mol. The SMILES string of the molecule is CCS(=O)(=O)Nc1ccc(C(=O)N[C@H](C)c2ccc(N3CCC[C@@H](C)C3)cc2)cc1. The van der Waals surface area contributed by atoms with E-state index in [9.17, 15) is 13.2 Å². The molecule has 2 atom stereocenters. The fraction of sp³-hybridized carbons (Fsp3) is 0.435. The van der Waals surface area contributed by atoms with Gasteiger partial charge in [-0.15, -0.1) is 0 Å². The van der Waals surface area contributed by atoms with Crippen LogP contribution in [0.5, 0.6) is 0 Å². The number of sulfonamides is 1. The van der Waals surface area contributed by atoms with E-state index in [-0.39, 0.29) is 17.7 Å². The number of hydrogen-bond donors (Lipinski definition) is 2. The van der Waals surface area contributed by atoms with Crippen molar-refractivity contribution >= 4 is 27.3 Å². The van der Waals surface area contributed by atoms with Crippen molar-refractivity contribution in [3.63, 3.8) is 0 Å². The van der Waals surface area contributed by atoms with Crippen LogP contribution in [-0.2, 0) is 10.0 Å². The van der Waals surface area contributed by atoms with Crippen molar-refractivity contribution in [2.75, 3.05) is 28.5 Å². The van der Waals surface area contributed by atoms with E-state index in [2.05, 4.69) is 46.1 Å². The average Bonchev–Trinajstić information content (AvgIpc) is 2.74. The number of carbonyl (C=O) groups is 1. The molecule has 0 aliphatic carbocycles. The van der Waals surface area contributed by atoms with Crippen LogP contribution in [0.2, 0.25) is 0 Å². The Morgan fingerprint density at radius 3 is 2.40 bits per heavy atom. The van der Waals surface area contributed by atoms with Gasteiger partial charge in [-0.25, -0.2) is 8.42 Å². The number of rotatable bonds is 7. The topological polar surface area (TPSA) is 78.5 Å². The van der Waals surface area contributed by atoms with E-state index < -0.39 is 10.0 Å². The minimum absolute atomic E-state index is 0.00231. The highest BCUT2D eigenvalue weighted by atomic mass is 32.2. The van der Waals surface area contributed by atoms with Gasteiger partial charge >= 0.3 is 0 Å². The highest BCUT2D eigenvalue weighted by molar-refractivity contribution is 7.92. The molecule has 0 saturated carbocycles. The Balaban J connectivity index is 1.60. The van der Waals surface area contributed by atoms with Crippen LogP contribution >= 0.6 is 0 Å². The molecule has 3 rings (SSSR count). The molecule has 30 heavy (non-hydrogen) atoms. The van der Waals surface area contributed by atoms with Gasteiger partial charge in [0, 0.05) is 30.0 Å². The van der Waals surface area contributed by atoms with E-state index in [0.29, 0.717) is 11.3 Å². The van der Waals surface area contributed by atoms with E-state index in [1.807, 2.05) is 6.92 Å². The Morgan fingerprint density at radius 2 is 1.80 bits per heavy atom. The lowest BCUT2D eigenvalue weighted by atomic mass is 9.99. The van der Waals surface area contributed by atoms with Crippen LogP contribution in [-0.4, -0.2) is 33.2 Å². The number of nitrogens with zero attached hydrogens (tertiary/aromatic N) is 1. The number of nitrogens with one attached hydrogen (secondary N) is 2. The molecule has 1 amide bonds. The first-order chi connectivity index (χ1) is 14.3. The van der Waals surface area contributed by atoms with Crippen molar-refractivity contribution in [1.29, 1.82) is 0 Å². The van der Waals surface area contributed by atoms with Crippen LogP contribution in [0.3, 0.4) is 0 Å². The molecule has 1 fully saturated rings. The molecule has 162 valence electrons. The van der Waals surface area contributed by atoms with Gasteiger partial charge < -0.3 is 10.2 Å². The Labute approximate surface area is 179 Å². The van der Waals surface area contributed by atoms with Crippen molar-refractivity contribution in [3.8, 4) is 0 Å². The molecule has 0 radical (unpaired) electrons. The van der Waals surface area contributed by atoms with Crippen molar-refractivity contribution in [3.05, 3.63) is 59.7 Å². The second-order valence-corrected chi connectivity index (χ2v) is 10.1. The maximum atomic E-state index is 12.6. The zero-order chi connectivity index (χ0) is 21.7. The summed E-state index contributed by atoms with van der Waals surface area (Å²) < 4.78 is 25.7. The number of anilines is 2. The zero-order valence-electron chi connectivity index (χ0n) is 17.9. The molecule has 0 unspecified atom stereocenters. The molecule has 6 nitrogen and oxygen atoms in total. The molecule has 2 N–H and O–H groups in total. The number of amides is 1. The summed E-state index contributed by atoms with van der Waals surface area (Å²) in [4.78, 5) is 15.0. The monoisotopic (exact) mass is 429 g/mol. The third-order valence-electron chi connectivity index (χ3n) is 5.56. The first kappa shape index (κ1) is 22.2. The van der Waals surface area contributed by atoms with Crippen LogP contribution in [0.25, 0.3) is 0 Å². The fourth-order valence-corrected chi connectivity index (χ4v) is 4.34. The summed E-state index contributed by atoms with van der Waals surface area (Å²) in [6.07, 6.45) is 2.52. The first-order valence-corrected chi connectivity index (χ1v) is 12.2. The van der Waals surface area contributed by atoms with E-state index >= 15 is 0 Å². The van der Waals surface area contributed by atoms with Gasteiger partial charge in [-0.05, 0) is 74.6 Å². The van der Waals surface area contributed by atoms with Gasteiger partial charge in [0.1, 0.15) is 0 Å². The third-order valence-corrected chi connectivity index (χ3v) is 6.87. The smallest absolute Gasteiger partial charge is 0.251 e. The fourth-order valence-electron chi connectivity index (χ4n) is 3.70. The molecule has 7 heteroatoms. The molecular formula is C23H31N3O3S. The highest BCUT2D eigenvalue weighted by Gasteiger charge is 2.17. The highest BCUT2D eigenvalue weighted by Crippen LogP contribution is 2.25. The predicted molar refractivity (Wildman–Crippen MR) is 122 cm³/mol. The maximum Gasteiger partial charge on any atom is 0.251 e. The lowest BCUT2D eigenvalue weighted by Gasteiger charge is -2.33. The van der Waals surface area contributed by atoms with E-state index in [1.54, 1.807) is 31.2 Å². The Bertz CT molecular complexity index is 956. The molecule has 1 saturated heterocycles. The Kier molecular flexibility index (Phi) is 7.02. The average molecular weight is 430 g/mol. The third kappa shape index (κ3) is 5.75. The summed E-state index contributed by atoms with van der Waals surface area (Å²) >= 11 is 0. The minimum Gasteiger partial charge on any atom is -0.371 e. The summed E-state index contributed by atoms with van der Waals surface area (Å²) in [6.45, 7) is 8.02. The van der Waals surface area contributed by atoms with Gasteiger partial charge in [-0.1, -0.05) is 19.1 Å². The van der Waals surface area contributed by atoms with Crippen LogP contribution in [0.15, 0.2) is 48.5 Å². The summed E-state index contributed by atoms with van der Waals surface area (Å²) in [5.74, 6) is 0.532. The maximum absolute atomic E-state index is 12.6. The second-order valence-electron chi connectivity index (χ2n) is 8.06. The summed E-state index contributed by atoms with van der Waals surface area (Å²) in [5.41, 5.74) is 3.21. The Hall–Kier alpha value is -2.54. The summed E-state index contributed by atoms with van der Waals surface area (Å²) in [6, 6.07) is 14.7. The predicted octanol–water partition coefficient (Wildman–Crippen LogP) is 4.18. The molecule has 1 heterocycles. The van der Waals surface area contributed by atoms with Gasteiger partial charge in [0.15, 0.2) is 0 Å². The van der Waals surface area contributed by atoms with Gasteiger partial charge in [0.2, 0.25) is 10.0 Å². The van der Waals surface area contributed by atoms with Gasteiger partial charge in [-0.3, -0.25) is 9.52 Å². The van der Waals surface area contributed by atoms with Crippen molar-refractivity contribution < 1.29 is 13.2 Å². The number of piperidine rings is 1. The normalized spacial score (nSPS) is 18.0. The van der Waals surface area contributed by atoms with E-state index in [1.165, 1.54) is 18.5 Å². The second kappa shape index (κ2) is 9.51. The summed E-state index contributed by atoms with van der Waals surface area (Å²) in [5, 5.41) is 3.01. The molecule has 0 spiro atoms. The van der Waals surface area contributed by atoms with E-state index in [0.717, 1.165) is 24.6 Å². The van der Waals surface area contributed by atoms with Crippen LogP contribution in [0.1, 0.15) is 55.6 Å². The van der Waals surface area contributed by atoms with Crippen molar-refractivity contribution in [1.82, 2.24) is 5.32 Å². The number of carbonyl (C=O) groups excluding carboxylic acids is 1. The molecule has 2 aromatic rings. The summed E-state index contributed by atoms with van der Waals surface area (Å²) in [7, 11) is -3.33. The Morgan fingerprint density at radius 1 is 1.13 bits per heavy atom. The van der Waals surface area contributed by atoms with Crippen LogP contribution < -0.4 is 14.9 Å². The quantitative estimate of drug-likeness (QED) is 0.692. The van der Waals surface area contributed by atoms with Gasteiger partial charge in [0.25, 0.3) is 5.91 Å². The van der Waals surface area contributed by atoms with Gasteiger partial charge in [0.05, 0.1) is 11.8 Å². The van der Waals surface area contributed by atoms with Crippen molar-refractivity contribution in [2.24, 2.45) is 5.92 Å². The standard InChI is InChI=1S/C23H31N3O3S/c1-4-30(28,29)25-21-11-7-20(8-12-21)23(27)24-18(3)19-9-13-22(14-10-19)26-15-5-6-17(2)16-26/h7-14,17-18,25H,4-6,15-16H2,1-3H3,(H,24,27)/t17-,18-/m1/s1.